The zero-order valence-electron chi connectivity index (χ0n) is 12.2. The van der Waals surface area contributed by atoms with Crippen molar-refractivity contribution >= 4 is 0 Å². The van der Waals surface area contributed by atoms with Gasteiger partial charge in [-0.1, -0.05) is 39.7 Å². The lowest BCUT2D eigenvalue weighted by Crippen LogP contribution is -2.13. The van der Waals surface area contributed by atoms with Gasteiger partial charge in [0.05, 0.1) is 12.2 Å². The van der Waals surface area contributed by atoms with Crippen molar-refractivity contribution in [3.63, 3.8) is 0 Å². The molecule has 104 valence electrons. The third kappa shape index (κ3) is 21.5. The molecule has 2 N–H and O–H groups in total. The highest BCUT2D eigenvalue weighted by Gasteiger charge is 2.05. The quantitative estimate of drug-likeness (QED) is 0.502. The molecule has 0 aromatic carbocycles. The van der Waals surface area contributed by atoms with Crippen molar-refractivity contribution in [2.45, 2.75) is 78.4 Å². The fourth-order valence-electron chi connectivity index (χ4n) is 1.52. The molecule has 0 fully saturated rings. The molecular formula is C15H32O2. The predicted molar refractivity (Wildman–Crippen MR) is 76.1 cm³/mol. The van der Waals surface area contributed by atoms with Crippen LogP contribution in [0.4, 0.5) is 0 Å². The summed E-state index contributed by atoms with van der Waals surface area (Å²) < 4.78 is 0. The van der Waals surface area contributed by atoms with E-state index < -0.39 is 0 Å². The van der Waals surface area contributed by atoms with Gasteiger partial charge in [-0.25, -0.2) is 0 Å². The van der Waals surface area contributed by atoms with Crippen LogP contribution < -0.4 is 0 Å². The molecule has 0 amide bonds. The van der Waals surface area contributed by atoms with Gasteiger partial charge in [-0.2, -0.15) is 0 Å². The molecule has 2 heteroatoms. The van der Waals surface area contributed by atoms with Crippen molar-refractivity contribution in [3.05, 3.63) is 12.7 Å². The monoisotopic (exact) mass is 244 g/mol. The summed E-state index contributed by atoms with van der Waals surface area (Å²) in [5.41, 5.74) is 0. The molecule has 0 aliphatic carbocycles. The van der Waals surface area contributed by atoms with E-state index in [1.165, 1.54) is 19.3 Å². The molecule has 0 aliphatic heterocycles. The Bertz CT molecular complexity index is 153. The number of unbranched alkanes of at least 4 members (excludes halogenated alkanes) is 1. The average Bonchev–Trinajstić information content (AvgIpc) is 2.17. The molecule has 0 bridgehead atoms. The Morgan fingerprint density at radius 3 is 2.06 bits per heavy atom. The van der Waals surface area contributed by atoms with Gasteiger partial charge in [-0.3, -0.25) is 0 Å². The van der Waals surface area contributed by atoms with Crippen LogP contribution in [0.3, 0.4) is 0 Å². The van der Waals surface area contributed by atoms with Crippen LogP contribution in [0.15, 0.2) is 12.7 Å². The minimum absolute atomic E-state index is 0.310. The van der Waals surface area contributed by atoms with E-state index in [0.717, 1.165) is 18.8 Å². The van der Waals surface area contributed by atoms with E-state index in [1.54, 1.807) is 6.92 Å². The first kappa shape index (κ1) is 19.0. The van der Waals surface area contributed by atoms with Crippen LogP contribution in [0, 0.1) is 5.92 Å². The van der Waals surface area contributed by atoms with E-state index in [4.69, 9.17) is 10.2 Å². The molecule has 2 atom stereocenters. The summed E-state index contributed by atoms with van der Waals surface area (Å²) in [6, 6.07) is 0. The van der Waals surface area contributed by atoms with Crippen molar-refractivity contribution in [1.29, 1.82) is 0 Å². The molecule has 0 radical (unpaired) electrons. The third-order valence-electron chi connectivity index (χ3n) is 2.42. The fourth-order valence-corrected chi connectivity index (χ4v) is 1.52. The normalized spacial score (nSPS) is 13.8. The highest BCUT2D eigenvalue weighted by Crippen LogP contribution is 2.05. The molecule has 0 aromatic heterocycles. The molecule has 0 spiro atoms. The predicted octanol–water partition coefficient (Wildman–Crippen LogP) is 3.92. The summed E-state index contributed by atoms with van der Waals surface area (Å²) >= 11 is 0. The van der Waals surface area contributed by atoms with Gasteiger partial charge in [0, 0.05) is 0 Å². The highest BCUT2D eigenvalue weighted by atomic mass is 16.3. The molecule has 2 nitrogen and oxygen atoms in total. The first-order chi connectivity index (χ1) is 7.93. The van der Waals surface area contributed by atoms with Crippen LogP contribution in [0.1, 0.15) is 66.2 Å². The van der Waals surface area contributed by atoms with Crippen LogP contribution in [-0.4, -0.2) is 22.4 Å². The molecular weight excluding hydrogens is 212 g/mol. The second kappa shape index (κ2) is 13.7. The Balaban J connectivity index is 0. The molecule has 0 heterocycles. The summed E-state index contributed by atoms with van der Waals surface area (Å²) in [7, 11) is 0. The Morgan fingerprint density at radius 1 is 1.12 bits per heavy atom. The highest BCUT2D eigenvalue weighted by molar-refractivity contribution is 4.65. The van der Waals surface area contributed by atoms with E-state index in [0.29, 0.717) is 6.42 Å². The Morgan fingerprint density at radius 2 is 1.71 bits per heavy atom. The van der Waals surface area contributed by atoms with Crippen LogP contribution in [0.2, 0.25) is 0 Å². The minimum Gasteiger partial charge on any atom is -0.393 e. The van der Waals surface area contributed by atoms with E-state index in [-0.39, 0.29) is 12.2 Å². The first-order valence-corrected chi connectivity index (χ1v) is 6.91. The van der Waals surface area contributed by atoms with Crippen molar-refractivity contribution in [2.75, 3.05) is 0 Å². The number of rotatable bonds is 8. The summed E-state index contributed by atoms with van der Waals surface area (Å²) in [4.78, 5) is 0. The average molecular weight is 244 g/mol. The van der Waals surface area contributed by atoms with Gasteiger partial charge in [0.15, 0.2) is 0 Å². The van der Waals surface area contributed by atoms with E-state index >= 15 is 0 Å². The summed E-state index contributed by atoms with van der Waals surface area (Å²) in [6.45, 7) is 11.9. The molecule has 17 heavy (non-hydrogen) atoms. The first-order valence-electron chi connectivity index (χ1n) is 6.91. The van der Waals surface area contributed by atoms with Crippen LogP contribution >= 0.6 is 0 Å². The van der Waals surface area contributed by atoms with Crippen LogP contribution in [-0.2, 0) is 0 Å². The SMILES string of the molecule is C=CCCCC(C)C.CCCC(O)CC(C)O. The maximum atomic E-state index is 9.06. The fraction of sp³-hybridized carbons (Fsp3) is 0.867. The molecule has 0 aliphatic rings. The van der Waals surface area contributed by atoms with Crippen molar-refractivity contribution < 1.29 is 10.2 Å². The topological polar surface area (TPSA) is 40.5 Å². The minimum atomic E-state index is -0.369. The Hall–Kier alpha value is -0.340. The molecule has 2 unspecified atom stereocenters. The maximum Gasteiger partial charge on any atom is 0.0564 e. The smallest absolute Gasteiger partial charge is 0.0564 e. The number of allylic oxidation sites excluding steroid dienone is 1. The second-order valence-corrected chi connectivity index (χ2v) is 5.14. The molecule has 0 saturated carbocycles. The van der Waals surface area contributed by atoms with E-state index in [1.807, 2.05) is 13.0 Å². The number of aliphatic hydroxyl groups excluding tert-OH is 2. The van der Waals surface area contributed by atoms with Gasteiger partial charge >= 0.3 is 0 Å². The summed E-state index contributed by atoms with van der Waals surface area (Å²) in [6.07, 6.45) is 7.42. The van der Waals surface area contributed by atoms with Crippen LogP contribution in [0.5, 0.6) is 0 Å². The van der Waals surface area contributed by atoms with Crippen molar-refractivity contribution in [1.82, 2.24) is 0 Å². The van der Waals surface area contributed by atoms with Crippen molar-refractivity contribution in [3.8, 4) is 0 Å². The molecule has 0 saturated heterocycles. The van der Waals surface area contributed by atoms with Crippen molar-refractivity contribution in [2.24, 2.45) is 5.92 Å². The third-order valence-corrected chi connectivity index (χ3v) is 2.42. The largest absolute Gasteiger partial charge is 0.393 e. The lowest BCUT2D eigenvalue weighted by atomic mass is 10.1. The maximum absolute atomic E-state index is 9.06. The lowest BCUT2D eigenvalue weighted by Gasteiger charge is -2.09. The Labute approximate surface area is 108 Å². The van der Waals surface area contributed by atoms with E-state index in [2.05, 4.69) is 20.4 Å². The standard InChI is InChI=1S/C8H16.C7H16O2/c1-4-5-6-7-8(2)3;1-3-4-7(9)5-6(2)8/h4,8H,1,5-7H2,2-3H3;6-9H,3-5H2,1-2H3. The lowest BCUT2D eigenvalue weighted by molar-refractivity contribution is 0.0848. The van der Waals surface area contributed by atoms with E-state index in [9.17, 15) is 0 Å². The Kier molecular flexibility index (Phi) is 15.3. The molecule has 0 aromatic rings. The van der Waals surface area contributed by atoms with Gasteiger partial charge in [0.1, 0.15) is 0 Å². The number of hydrogen-bond donors (Lipinski definition) is 2. The van der Waals surface area contributed by atoms with Crippen LogP contribution in [0.25, 0.3) is 0 Å². The zero-order valence-corrected chi connectivity index (χ0v) is 12.2. The van der Waals surface area contributed by atoms with Gasteiger partial charge in [0.2, 0.25) is 0 Å². The second-order valence-electron chi connectivity index (χ2n) is 5.14. The summed E-state index contributed by atoms with van der Waals surface area (Å²) in [5.74, 6) is 0.856. The summed E-state index contributed by atoms with van der Waals surface area (Å²) in [5, 5.41) is 17.8. The zero-order chi connectivity index (χ0) is 13.7. The number of hydrogen-bond acceptors (Lipinski definition) is 2. The van der Waals surface area contributed by atoms with Gasteiger partial charge in [0.25, 0.3) is 0 Å². The molecule has 0 rings (SSSR count). The number of aliphatic hydroxyl groups is 2. The van der Waals surface area contributed by atoms with Gasteiger partial charge in [-0.05, 0) is 38.5 Å². The van der Waals surface area contributed by atoms with Gasteiger partial charge in [-0.15, -0.1) is 6.58 Å². The van der Waals surface area contributed by atoms with Gasteiger partial charge < -0.3 is 10.2 Å².